The van der Waals surface area contributed by atoms with Crippen molar-refractivity contribution in [3.05, 3.63) is 53.6 Å². The van der Waals surface area contributed by atoms with Crippen LogP contribution in [0.4, 0.5) is 11.4 Å². The average Bonchev–Trinajstić information content (AvgIpc) is 3.11. The Kier molecular flexibility index (Phi) is 6.27. The standard InChI is InChI=1S/C18H17ClN6O2S/c1-11(17(27)21-15-7-5-14(6-8-15)20-12(2)26)28-18-22-23-24-25(18)16-9-3-13(19)4-10-16/h3-11H,1-2H3,(H,20,26)(H,21,27). The van der Waals surface area contributed by atoms with Crippen LogP contribution in [0.25, 0.3) is 5.69 Å². The molecule has 2 aromatic carbocycles. The van der Waals surface area contributed by atoms with Crippen LogP contribution in [0.5, 0.6) is 0 Å². The number of carbonyl (C=O) groups is 2. The van der Waals surface area contributed by atoms with E-state index in [1.54, 1.807) is 60.1 Å². The highest BCUT2D eigenvalue weighted by atomic mass is 35.5. The lowest BCUT2D eigenvalue weighted by Gasteiger charge is -2.12. The van der Waals surface area contributed by atoms with Crippen molar-refractivity contribution in [2.75, 3.05) is 10.6 Å². The van der Waals surface area contributed by atoms with Gasteiger partial charge in [0.25, 0.3) is 0 Å². The third-order valence-corrected chi connectivity index (χ3v) is 4.92. The number of nitrogens with zero attached hydrogens (tertiary/aromatic N) is 4. The number of aromatic nitrogens is 4. The highest BCUT2D eigenvalue weighted by molar-refractivity contribution is 8.00. The molecule has 0 spiro atoms. The molecular formula is C18H17ClN6O2S. The number of hydrogen-bond donors (Lipinski definition) is 2. The van der Waals surface area contributed by atoms with E-state index in [0.717, 1.165) is 5.69 Å². The molecule has 28 heavy (non-hydrogen) atoms. The molecule has 0 radical (unpaired) electrons. The summed E-state index contributed by atoms with van der Waals surface area (Å²) in [5.41, 5.74) is 2.04. The van der Waals surface area contributed by atoms with Crippen molar-refractivity contribution in [1.82, 2.24) is 20.2 Å². The number of hydrogen-bond acceptors (Lipinski definition) is 6. The second-order valence-corrected chi connectivity index (χ2v) is 7.60. The van der Waals surface area contributed by atoms with Gasteiger partial charge in [-0.15, -0.1) is 5.10 Å². The summed E-state index contributed by atoms with van der Waals surface area (Å²) in [5, 5.41) is 17.8. The molecule has 3 rings (SSSR count). The third kappa shape index (κ3) is 5.08. The fourth-order valence-electron chi connectivity index (χ4n) is 2.29. The molecule has 2 amide bonds. The summed E-state index contributed by atoms with van der Waals surface area (Å²) < 4.78 is 1.55. The summed E-state index contributed by atoms with van der Waals surface area (Å²) in [6.45, 7) is 3.21. The molecular weight excluding hydrogens is 400 g/mol. The summed E-state index contributed by atoms with van der Waals surface area (Å²) in [4.78, 5) is 23.6. The number of halogens is 1. The van der Waals surface area contributed by atoms with Gasteiger partial charge in [-0.05, 0) is 65.9 Å². The van der Waals surface area contributed by atoms with E-state index in [9.17, 15) is 9.59 Å². The van der Waals surface area contributed by atoms with E-state index < -0.39 is 5.25 Å². The van der Waals surface area contributed by atoms with Crippen molar-refractivity contribution in [1.29, 1.82) is 0 Å². The van der Waals surface area contributed by atoms with Gasteiger partial charge in [-0.2, -0.15) is 4.68 Å². The monoisotopic (exact) mass is 416 g/mol. The van der Waals surface area contributed by atoms with E-state index in [1.165, 1.54) is 18.7 Å². The highest BCUT2D eigenvalue weighted by Gasteiger charge is 2.19. The summed E-state index contributed by atoms with van der Waals surface area (Å²) in [6.07, 6.45) is 0. The number of tetrazole rings is 1. The third-order valence-electron chi connectivity index (χ3n) is 3.64. The van der Waals surface area contributed by atoms with Gasteiger partial charge in [0.05, 0.1) is 10.9 Å². The summed E-state index contributed by atoms with van der Waals surface area (Å²) in [7, 11) is 0. The Morgan fingerprint density at radius 3 is 2.25 bits per heavy atom. The Balaban J connectivity index is 1.64. The van der Waals surface area contributed by atoms with Crippen LogP contribution in [-0.4, -0.2) is 37.3 Å². The van der Waals surface area contributed by atoms with Crippen LogP contribution in [-0.2, 0) is 9.59 Å². The van der Waals surface area contributed by atoms with Crippen LogP contribution in [0.1, 0.15) is 13.8 Å². The van der Waals surface area contributed by atoms with Crippen molar-refractivity contribution in [3.8, 4) is 5.69 Å². The first kappa shape index (κ1) is 19.8. The zero-order valence-corrected chi connectivity index (χ0v) is 16.7. The topological polar surface area (TPSA) is 102 Å². The van der Waals surface area contributed by atoms with Crippen LogP contribution in [0, 0.1) is 0 Å². The molecule has 10 heteroatoms. The summed E-state index contributed by atoms with van der Waals surface area (Å²) >= 11 is 7.15. The lowest BCUT2D eigenvalue weighted by molar-refractivity contribution is -0.115. The molecule has 3 aromatic rings. The largest absolute Gasteiger partial charge is 0.326 e. The van der Waals surface area contributed by atoms with Crippen molar-refractivity contribution >= 4 is 46.6 Å². The molecule has 2 N–H and O–H groups in total. The Bertz CT molecular complexity index is 975. The predicted octanol–water partition coefficient (Wildman–Crippen LogP) is 3.39. The Hall–Kier alpha value is -2.91. The van der Waals surface area contributed by atoms with Crippen molar-refractivity contribution < 1.29 is 9.59 Å². The number of rotatable bonds is 6. The lowest BCUT2D eigenvalue weighted by atomic mass is 10.2. The molecule has 0 aliphatic heterocycles. The first-order chi connectivity index (χ1) is 13.4. The smallest absolute Gasteiger partial charge is 0.237 e. The molecule has 0 aliphatic rings. The van der Waals surface area contributed by atoms with E-state index in [0.29, 0.717) is 21.6 Å². The van der Waals surface area contributed by atoms with Gasteiger partial charge in [-0.25, -0.2) is 0 Å². The number of carbonyl (C=O) groups excluding carboxylic acids is 2. The molecule has 1 aromatic heterocycles. The van der Waals surface area contributed by atoms with E-state index >= 15 is 0 Å². The molecule has 0 aliphatic carbocycles. The Morgan fingerprint density at radius 1 is 1.04 bits per heavy atom. The lowest BCUT2D eigenvalue weighted by Crippen LogP contribution is -2.23. The molecule has 0 fully saturated rings. The molecule has 144 valence electrons. The van der Waals surface area contributed by atoms with E-state index in [4.69, 9.17) is 11.6 Å². The van der Waals surface area contributed by atoms with E-state index in [2.05, 4.69) is 26.2 Å². The predicted molar refractivity (Wildman–Crippen MR) is 109 cm³/mol. The minimum atomic E-state index is -0.438. The minimum absolute atomic E-state index is 0.153. The van der Waals surface area contributed by atoms with Crippen LogP contribution < -0.4 is 10.6 Å². The van der Waals surface area contributed by atoms with E-state index in [1.807, 2.05) is 0 Å². The quantitative estimate of drug-likeness (QED) is 0.597. The summed E-state index contributed by atoms with van der Waals surface area (Å²) in [6, 6.07) is 14.0. The maximum absolute atomic E-state index is 12.5. The second kappa shape index (κ2) is 8.85. The fraction of sp³-hybridized carbons (Fsp3) is 0.167. The molecule has 0 saturated carbocycles. The molecule has 8 nitrogen and oxygen atoms in total. The van der Waals surface area contributed by atoms with E-state index in [-0.39, 0.29) is 11.8 Å². The van der Waals surface area contributed by atoms with Crippen LogP contribution in [0.2, 0.25) is 5.02 Å². The normalized spacial score (nSPS) is 11.7. The number of anilines is 2. The van der Waals surface area contributed by atoms with Crippen molar-refractivity contribution in [2.45, 2.75) is 24.3 Å². The summed E-state index contributed by atoms with van der Waals surface area (Å²) in [5.74, 6) is -0.344. The van der Waals surface area contributed by atoms with Crippen LogP contribution in [0.15, 0.2) is 53.7 Å². The Labute approximate surface area is 170 Å². The zero-order valence-electron chi connectivity index (χ0n) is 15.1. The maximum Gasteiger partial charge on any atom is 0.237 e. The first-order valence-corrected chi connectivity index (χ1v) is 9.57. The van der Waals surface area contributed by atoms with Crippen molar-refractivity contribution in [3.63, 3.8) is 0 Å². The van der Waals surface area contributed by atoms with Gasteiger partial charge in [0, 0.05) is 23.3 Å². The zero-order chi connectivity index (χ0) is 20.1. The number of nitrogens with one attached hydrogen (secondary N) is 2. The average molecular weight is 417 g/mol. The molecule has 1 heterocycles. The van der Waals surface area contributed by atoms with Gasteiger partial charge in [0.1, 0.15) is 0 Å². The van der Waals surface area contributed by atoms with Gasteiger partial charge in [0.15, 0.2) is 0 Å². The maximum atomic E-state index is 12.5. The van der Waals surface area contributed by atoms with Gasteiger partial charge < -0.3 is 10.6 Å². The van der Waals surface area contributed by atoms with Crippen LogP contribution in [0.3, 0.4) is 0 Å². The van der Waals surface area contributed by atoms with Gasteiger partial charge in [0.2, 0.25) is 17.0 Å². The Morgan fingerprint density at radius 2 is 1.64 bits per heavy atom. The molecule has 0 saturated heterocycles. The molecule has 1 unspecified atom stereocenters. The number of thioether (sulfide) groups is 1. The van der Waals surface area contributed by atoms with Gasteiger partial charge >= 0.3 is 0 Å². The SMILES string of the molecule is CC(=O)Nc1ccc(NC(=O)C(C)Sc2nnnn2-c2ccc(Cl)cc2)cc1. The minimum Gasteiger partial charge on any atom is -0.326 e. The van der Waals surface area contributed by atoms with Gasteiger partial charge in [-0.3, -0.25) is 9.59 Å². The second-order valence-electron chi connectivity index (χ2n) is 5.86. The fourth-order valence-corrected chi connectivity index (χ4v) is 3.23. The number of amides is 2. The number of benzene rings is 2. The molecule has 1 atom stereocenters. The highest BCUT2D eigenvalue weighted by Crippen LogP contribution is 2.24. The first-order valence-electron chi connectivity index (χ1n) is 8.32. The molecule has 0 bridgehead atoms. The van der Waals surface area contributed by atoms with Gasteiger partial charge in [-0.1, -0.05) is 23.4 Å². The van der Waals surface area contributed by atoms with Crippen molar-refractivity contribution in [2.24, 2.45) is 0 Å². The van der Waals surface area contributed by atoms with Crippen LogP contribution >= 0.6 is 23.4 Å².